The normalized spacial score (nSPS) is 15.7. The Morgan fingerprint density at radius 1 is 1.06 bits per heavy atom. The van der Waals surface area contributed by atoms with Gasteiger partial charge in [-0.05, 0) is 69.5 Å². The molecule has 2 aromatic carbocycles. The van der Waals surface area contributed by atoms with E-state index in [0.717, 1.165) is 12.1 Å². The Morgan fingerprint density at radius 3 is 2.23 bits per heavy atom. The largest absolute Gasteiger partial charge is 0.303 e. The number of carbonyl (C=O) groups is 1. The highest BCUT2D eigenvalue weighted by Crippen LogP contribution is 2.37. The summed E-state index contributed by atoms with van der Waals surface area (Å²) in [6.07, 6.45) is 0. The van der Waals surface area contributed by atoms with Crippen molar-refractivity contribution >= 4 is 44.6 Å². The molecule has 8 nitrogen and oxygen atoms in total. The number of thiocarbonyl (C=S) groups is 1. The molecule has 1 aliphatic heterocycles. The second kappa shape index (κ2) is 7.71. The van der Waals surface area contributed by atoms with E-state index in [0.29, 0.717) is 0 Å². The van der Waals surface area contributed by atoms with E-state index in [9.17, 15) is 22.9 Å². The third-order valence-electron chi connectivity index (χ3n) is 4.90. The Labute approximate surface area is 184 Å². The van der Waals surface area contributed by atoms with Gasteiger partial charge in [0.2, 0.25) is 10.0 Å². The van der Waals surface area contributed by atoms with Crippen LogP contribution in [0.25, 0.3) is 0 Å². The van der Waals surface area contributed by atoms with Gasteiger partial charge in [-0.15, -0.1) is 0 Å². The number of hydrogen-bond acceptors (Lipinski definition) is 6. The SMILES string of the molecule is CNS(=O)(=O)c1ccc(N2C(=S)N(c3ccc(C#N)c(C#N)c3)C(=O)C2(C)C)cc1F. The van der Waals surface area contributed by atoms with Crippen LogP contribution >= 0.6 is 12.2 Å². The van der Waals surface area contributed by atoms with Crippen molar-refractivity contribution < 1.29 is 17.6 Å². The molecule has 1 saturated heterocycles. The van der Waals surface area contributed by atoms with Crippen LogP contribution in [0.1, 0.15) is 25.0 Å². The Hall–Kier alpha value is -3.38. The standard InChI is InChI=1S/C20H16FN5O3S2/c1-20(2)18(27)25(14-5-4-12(10-22)13(8-14)11-23)19(30)26(20)15-6-7-17(16(21)9-15)31(28,29)24-3/h4-9,24H,1-3H3. The lowest BCUT2D eigenvalue weighted by molar-refractivity contribution is -0.120. The molecule has 1 aliphatic rings. The second-order valence-electron chi connectivity index (χ2n) is 7.09. The summed E-state index contributed by atoms with van der Waals surface area (Å²) in [7, 11) is -2.83. The summed E-state index contributed by atoms with van der Waals surface area (Å²) in [6.45, 7) is 3.18. The predicted molar refractivity (Wildman–Crippen MR) is 115 cm³/mol. The number of sulfonamides is 1. The molecule has 0 bridgehead atoms. The summed E-state index contributed by atoms with van der Waals surface area (Å²) in [5.74, 6) is -1.43. The number of nitrogens with one attached hydrogen (secondary N) is 1. The van der Waals surface area contributed by atoms with Gasteiger partial charge in [-0.1, -0.05) is 0 Å². The molecule has 0 radical (unpaired) electrons. The maximum atomic E-state index is 14.6. The average Bonchev–Trinajstić information content (AvgIpc) is 2.91. The molecule has 31 heavy (non-hydrogen) atoms. The zero-order chi connectivity index (χ0) is 23.1. The molecule has 0 atom stereocenters. The van der Waals surface area contributed by atoms with E-state index in [1.165, 1.54) is 41.1 Å². The quantitative estimate of drug-likeness (QED) is 0.701. The van der Waals surface area contributed by atoms with Crippen LogP contribution in [0.4, 0.5) is 15.8 Å². The Bertz CT molecular complexity index is 1310. The summed E-state index contributed by atoms with van der Waals surface area (Å²) >= 11 is 5.50. The number of rotatable bonds is 4. The average molecular weight is 458 g/mol. The first-order chi connectivity index (χ1) is 14.5. The van der Waals surface area contributed by atoms with Gasteiger partial charge in [0.1, 0.15) is 28.4 Å². The highest BCUT2D eigenvalue weighted by molar-refractivity contribution is 7.89. The van der Waals surface area contributed by atoms with E-state index in [1.54, 1.807) is 13.8 Å². The number of anilines is 2. The molecule has 0 aromatic heterocycles. The van der Waals surface area contributed by atoms with Gasteiger partial charge < -0.3 is 4.90 Å². The number of amides is 1. The van der Waals surface area contributed by atoms with E-state index in [-0.39, 0.29) is 27.6 Å². The summed E-state index contributed by atoms with van der Waals surface area (Å²) in [5.41, 5.74) is -0.514. The van der Waals surface area contributed by atoms with Gasteiger partial charge in [0.15, 0.2) is 5.11 Å². The predicted octanol–water partition coefficient (Wildman–Crippen LogP) is 2.39. The maximum absolute atomic E-state index is 14.6. The van der Waals surface area contributed by atoms with E-state index in [2.05, 4.69) is 0 Å². The molecular weight excluding hydrogens is 441 g/mol. The molecule has 0 saturated carbocycles. The summed E-state index contributed by atoms with van der Waals surface area (Å²) in [5, 5.41) is 18.4. The number of halogens is 1. The first-order valence-corrected chi connectivity index (χ1v) is 10.7. The van der Waals surface area contributed by atoms with Gasteiger partial charge in [0, 0.05) is 5.69 Å². The molecule has 0 unspecified atom stereocenters. The lowest BCUT2D eigenvalue weighted by Crippen LogP contribution is -2.44. The van der Waals surface area contributed by atoms with Gasteiger partial charge in [-0.3, -0.25) is 9.69 Å². The van der Waals surface area contributed by atoms with Crippen LogP contribution in [0, 0.1) is 28.5 Å². The lowest BCUT2D eigenvalue weighted by Gasteiger charge is -2.29. The molecule has 1 N–H and O–H groups in total. The second-order valence-corrected chi connectivity index (χ2v) is 9.31. The zero-order valence-electron chi connectivity index (χ0n) is 16.7. The fourth-order valence-electron chi connectivity index (χ4n) is 3.27. The zero-order valence-corrected chi connectivity index (χ0v) is 18.3. The molecule has 1 amide bonds. The van der Waals surface area contributed by atoms with E-state index >= 15 is 0 Å². The van der Waals surface area contributed by atoms with Crippen LogP contribution in [0.2, 0.25) is 0 Å². The van der Waals surface area contributed by atoms with Crippen LogP contribution < -0.4 is 14.5 Å². The van der Waals surface area contributed by atoms with Gasteiger partial charge in [-0.25, -0.2) is 17.5 Å². The van der Waals surface area contributed by atoms with Crippen molar-refractivity contribution in [3.8, 4) is 12.1 Å². The minimum absolute atomic E-state index is 0.0206. The smallest absolute Gasteiger partial charge is 0.259 e. The Balaban J connectivity index is 2.10. The van der Waals surface area contributed by atoms with Gasteiger partial charge in [0.25, 0.3) is 5.91 Å². The summed E-state index contributed by atoms with van der Waals surface area (Å²) in [4.78, 5) is 15.3. The van der Waals surface area contributed by atoms with E-state index < -0.39 is 32.2 Å². The summed E-state index contributed by atoms with van der Waals surface area (Å²) in [6, 6.07) is 11.5. The van der Waals surface area contributed by atoms with Crippen LogP contribution in [-0.4, -0.2) is 32.0 Å². The van der Waals surface area contributed by atoms with Crippen LogP contribution in [0.5, 0.6) is 0 Å². The first kappa shape index (κ1) is 22.3. The highest BCUT2D eigenvalue weighted by atomic mass is 32.2. The summed E-state index contributed by atoms with van der Waals surface area (Å²) < 4.78 is 40.6. The fourth-order valence-corrected chi connectivity index (χ4v) is 4.58. The molecule has 3 rings (SSSR count). The highest BCUT2D eigenvalue weighted by Gasteiger charge is 2.50. The molecular formula is C20H16FN5O3S2. The monoisotopic (exact) mass is 457 g/mol. The third-order valence-corrected chi connectivity index (χ3v) is 6.71. The molecule has 1 fully saturated rings. The number of benzene rings is 2. The topological polar surface area (TPSA) is 117 Å². The van der Waals surface area contributed by atoms with Crippen molar-refractivity contribution in [1.82, 2.24) is 4.72 Å². The van der Waals surface area contributed by atoms with Crippen LogP contribution in [0.3, 0.4) is 0 Å². The van der Waals surface area contributed by atoms with Crippen molar-refractivity contribution in [2.45, 2.75) is 24.3 Å². The van der Waals surface area contributed by atoms with Gasteiger partial charge in [0.05, 0.1) is 16.8 Å². The van der Waals surface area contributed by atoms with Crippen molar-refractivity contribution in [3.63, 3.8) is 0 Å². The maximum Gasteiger partial charge on any atom is 0.259 e. The van der Waals surface area contributed by atoms with Gasteiger partial charge in [-0.2, -0.15) is 10.5 Å². The molecule has 0 spiro atoms. The van der Waals surface area contributed by atoms with Crippen molar-refractivity contribution in [2.24, 2.45) is 0 Å². The van der Waals surface area contributed by atoms with Crippen molar-refractivity contribution in [1.29, 1.82) is 10.5 Å². The van der Waals surface area contributed by atoms with Crippen LogP contribution in [0.15, 0.2) is 41.3 Å². The molecule has 2 aromatic rings. The number of nitrogens with zero attached hydrogens (tertiary/aromatic N) is 4. The number of carbonyl (C=O) groups excluding carboxylic acids is 1. The fraction of sp³-hybridized carbons (Fsp3) is 0.200. The molecule has 158 valence electrons. The number of nitriles is 2. The third kappa shape index (κ3) is 3.53. The Kier molecular flexibility index (Phi) is 5.54. The molecule has 11 heteroatoms. The van der Waals surface area contributed by atoms with E-state index in [1.807, 2.05) is 16.9 Å². The Morgan fingerprint density at radius 2 is 1.68 bits per heavy atom. The van der Waals surface area contributed by atoms with Crippen molar-refractivity contribution in [2.75, 3.05) is 16.8 Å². The molecule has 1 heterocycles. The van der Waals surface area contributed by atoms with E-state index in [4.69, 9.17) is 17.5 Å². The first-order valence-electron chi connectivity index (χ1n) is 8.85. The lowest BCUT2D eigenvalue weighted by atomic mass is 10.0. The number of hydrogen-bond donors (Lipinski definition) is 1. The minimum atomic E-state index is -4.00. The minimum Gasteiger partial charge on any atom is -0.303 e. The van der Waals surface area contributed by atoms with Gasteiger partial charge >= 0.3 is 0 Å². The van der Waals surface area contributed by atoms with Crippen LogP contribution in [-0.2, 0) is 14.8 Å². The van der Waals surface area contributed by atoms with Crippen molar-refractivity contribution in [3.05, 3.63) is 53.3 Å². The molecule has 0 aliphatic carbocycles.